The number of fused-ring (bicyclic) bond motifs is 1. The molecule has 0 radical (unpaired) electrons. The number of carboxylic acid groups (broad SMARTS) is 1. The molecule has 0 saturated heterocycles. The predicted octanol–water partition coefficient (Wildman–Crippen LogP) is 6.09. The third-order valence-corrected chi connectivity index (χ3v) is 7.22. The maximum atomic E-state index is 12.1. The van der Waals surface area contributed by atoms with Gasteiger partial charge in [-0.05, 0) is 98.0 Å². The SMILES string of the molecule is Cc1cc(C=Nc2ccc(I)cc2)c(C)n1-c1sc2c(c1C(=O)O)CCCC2. The molecule has 144 valence electrons. The van der Waals surface area contributed by atoms with E-state index in [1.54, 1.807) is 11.3 Å². The highest BCUT2D eigenvalue weighted by atomic mass is 127. The zero-order chi connectivity index (χ0) is 19.8. The number of benzene rings is 1. The number of nitrogens with zero attached hydrogens (tertiary/aromatic N) is 2. The van der Waals surface area contributed by atoms with Gasteiger partial charge in [0.1, 0.15) is 5.00 Å². The van der Waals surface area contributed by atoms with Crippen molar-refractivity contribution in [3.8, 4) is 5.00 Å². The largest absolute Gasteiger partial charge is 0.478 e. The first-order valence-corrected chi connectivity index (χ1v) is 11.2. The van der Waals surface area contributed by atoms with E-state index in [1.165, 1.54) is 8.45 Å². The highest BCUT2D eigenvalue weighted by molar-refractivity contribution is 14.1. The van der Waals surface area contributed by atoms with Crippen LogP contribution in [0.5, 0.6) is 0 Å². The van der Waals surface area contributed by atoms with Gasteiger partial charge in [0.15, 0.2) is 0 Å². The second-order valence-electron chi connectivity index (χ2n) is 7.09. The molecule has 0 unspecified atom stereocenters. The number of aromatic nitrogens is 1. The molecule has 4 nitrogen and oxygen atoms in total. The Labute approximate surface area is 182 Å². The van der Waals surface area contributed by atoms with E-state index in [1.807, 2.05) is 44.3 Å². The molecule has 1 N–H and O–H groups in total. The molecule has 0 atom stereocenters. The summed E-state index contributed by atoms with van der Waals surface area (Å²) in [6.45, 7) is 4.06. The molecule has 1 aliphatic rings. The van der Waals surface area contributed by atoms with Crippen molar-refractivity contribution in [1.29, 1.82) is 0 Å². The number of aryl methyl sites for hydroxylation is 2. The summed E-state index contributed by atoms with van der Waals surface area (Å²) in [4.78, 5) is 17.9. The number of rotatable bonds is 4. The zero-order valence-electron chi connectivity index (χ0n) is 15.8. The van der Waals surface area contributed by atoms with E-state index < -0.39 is 5.97 Å². The highest BCUT2D eigenvalue weighted by Crippen LogP contribution is 2.38. The fraction of sp³-hybridized carbons (Fsp3) is 0.273. The van der Waals surface area contributed by atoms with Gasteiger partial charge in [-0.3, -0.25) is 4.99 Å². The number of aliphatic imine (C=N–C) groups is 1. The molecule has 1 aliphatic carbocycles. The Morgan fingerprint density at radius 1 is 1.21 bits per heavy atom. The lowest BCUT2D eigenvalue weighted by Gasteiger charge is -2.11. The third-order valence-electron chi connectivity index (χ3n) is 5.22. The van der Waals surface area contributed by atoms with E-state index in [0.717, 1.165) is 58.9 Å². The molecule has 2 heterocycles. The number of carbonyl (C=O) groups is 1. The van der Waals surface area contributed by atoms with Gasteiger partial charge in [0.2, 0.25) is 0 Å². The van der Waals surface area contributed by atoms with E-state index in [9.17, 15) is 9.90 Å². The average Bonchev–Trinajstić information content (AvgIpc) is 3.18. The molecule has 2 aromatic heterocycles. The first-order valence-electron chi connectivity index (χ1n) is 9.32. The van der Waals surface area contributed by atoms with Crippen molar-refractivity contribution in [1.82, 2.24) is 4.57 Å². The van der Waals surface area contributed by atoms with Crippen molar-refractivity contribution in [2.45, 2.75) is 39.5 Å². The van der Waals surface area contributed by atoms with Crippen molar-refractivity contribution >= 4 is 51.8 Å². The molecule has 1 aromatic carbocycles. The molecule has 0 amide bonds. The Morgan fingerprint density at radius 2 is 1.93 bits per heavy atom. The van der Waals surface area contributed by atoms with Crippen LogP contribution in [0.25, 0.3) is 5.00 Å². The van der Waals surface area contributed by atoms with Crippen LogP contribution in [0.3, 0.4) is 0 Å². The van der Waals surface area contributed by atoms with Crippen molar-refractivity contribution in [2.24, 2.45) is 4.99 Å². The first kappa shape index (κ1) is 19.4. The first-order chi connectivity index (χ1) is 13.5. The number of halogens is 1. The minimum Gasteiger partial charge on any atom is -0.478 e. The Bertz CT molecular complexity index is 1080. The molecule has 3 aromatic rings. The van der Waals surface area contributed by atoms with Crippen molar-refractivity contribution < 1.29 is 9.90 Å². The van der Waals surface area contributed by atoms with E-state index >= 15 is 0 Å². The fourth-order valence-electron chi connectivity index (χ4n) is 3.83. The lowest BCUT2D eigenvalue weighted by atomic mass is 9.95. The van der Waals surface area contributed by atoms with Gasteiger partial charge < -0.3 is 9.67 Å². The van der Waals surface area contributed by atoms with Crippen LogP contribution in [-0.4, -0.2) is 21.9 Å². The van der Waals surface area contributed by atoms with Crippen LogP contribution in [-0.2, 0) is 12.8 Å². The molecular formula is C22H21IN2O2S. The molecule has 0 aliphatic heterocycles. The second-order valence-corrected chi connectivity index (χ2v) is 9.42. The maximum absolute atomic E-state index is 12.1. The van der Waals surface area contributed by atoms with E-state index in [4.69, 9.17) is 0 Å². The van der Waals surface area contributed by atoms with Crippen LogP contribution in [0.1, 0.15) is 50.6 Å². The Morgan fingerprint density at radius 3 is 2.64 bits per heavy atom. The van der Waals surface area contributed by atoms with E-state index in [-0.39, 0.29) is 0 Å². The topological polar surface area (TPSA) is 54.6 Å². The summed E-state index contributed by atoms with van der Waals surface area (Å²) in [6, 6.07) is 10.1. The van der Waals surface area contributed by atoms with Gasteiger partial charge in [0, 0.05) is 31.6 Å². The minimum absolute atomic E-state index is 0.489. The van der Waals surface area contributed by atoms with Gasteiger partial charge in [-0.25, -0.2) is 4.79 Å². The lowest BCUT2D eigenvalue weighted by molar-refractivity contribution is 0.0696. The predicted molar refractivity (Wildman–Crippen MR) is 123 cm³/mol. The summed E-state index contributed by atoms with van der Waals surface area (Å²) >= 11 is 3.92. The number of thiophene rings is 1. The van der Waals surface area contributed by atoms with E-state index in [0.29, 0.717) is 5.56 Å². The van der Waals surface area contributed by atoms with Gasteiger partial charge >= 0.3 is 5.97 Å². The second kappa shape index (κ2) is 7.83. The van der Waals surface area contributed by atoms with Gasteiger partial charge in [-0.1, -0.05) is 0 Å². The summed E-state index contributed by atoms with van der Waals surface area (Å²) in [7, 11) is 0. The van der Waals surface area contributed by atoms with E-state index in [2.05, 4.69) is 38.2 Å². The number of aromatic carboxylic acids is 1. The summed E-state index contributed by atoms with van der Waals surface area (Å²) in [6.07, 6.45) is 5.94. The zero-order valence-corrected chi connectivity index (χ0v) is 18.8. The Kier molecular flexibility index (Phi) is 5.42. The summed E-state index contributed by atoms with van der Waals surface area (Å²) in [5, 5.41) is 10.7. The maximum Gasteiger partial charge on any atom is 0.339 e. The number of hydrogen-bond acceptors (Lipinski definition) is 3. The van der Waals surface area contributed by atoms with Gasteiger partial charge in [-0.15, -0.1) is 11.3 Å². The fourth-order valence-corrected chi connectivity index (χ4v) is 5.68. The van der Waals surface area contributed by atoms with Crippen LogP contribution in [0.2, 0.25) is 0 Å². The molecule has 0 spiro atoms. The normalized spacial score (nSPS) is 13.8. The average molecular weight is 504 g/mol. The lowest BCUT2D eigenvalue weighted by Crippen LogP contribution is -2.09. The third kappa shape index (κ3) is 3.55. The van der Waals surface area contributed by atoms with Gasteiger partial charge in [0.05, 0.1) is 11.3 Å². The monoisotopic (exact) mass is 504 g/mol. The molecule has 4 rings (SSSR count). The molecular weight excluding hydrogens is 483 g/mol. The Balaban J connectivity index is 1.77. The van der Waals surface area contributed by atoms with Crippen LogP contribution >= 0.6 is 33.9 Å². The molecule has 28 heavy (non-hydrogen) atoms. The molecule has 0 fully saturated rings. The highest BCUT2D eigenvalue weighted by Gasteiger charge is 2.27. The van der Waals surface area contributed by atoms with Gasteiger partial charge in [0.25, 0.3) is 0 Å². The molecule has 0 bridgehead atoms. The summed E-state index contributed by atoms with van der Waals surface area (Å²) < 4.78 is 3.26. The quantitative estimate of drug-likeness (QED) is 0.346. The molecule has 6 heteroatoms. The van der Waals surface area contributed by atoms with Crippen molar-refractivity contribution in [2.75, 3.05) is 0 Å². The minimum atomic E-state index is -0.823. The summed E-state index contributed by atoms with van der Waals surface area (Å²) in [5.41, 5.74) is 5.50. The van der Waals surface area contributed by atoms with Crippen molar-refractivity contribution in [3.63, 3.8) is 0 Å². The van der Waals surface area contributed by atoms with Gasteiger partial charge in [-0.2, -0.15) is 0 Å². The smallest absolute Gasteiger partial charge is 0.339 e. The molecule has 0 saturated carbocycles. The number of hydrogen-bond donors (Lipinski definition) is 1. The Hall–Kier alpha value is -1.93. The van der Waals surface area contributed by atoms with Crippen LogP contribution in [0.15, 0.2) is 35.3 Å². The summed E-state index contributed by atoms with van der Waals surface area (Å²) in [5.74, 6) is -0.823. The van der Waals surface area contributed by atoms with Crippen LogP contribution in [0.4, 0.5) is 5.69 Å². The van der Waals surface area contributed by atoms with Crippen molar-refractivity contribution in [3.05, 3.63) is 66.9 Å². The number of carboxylic acids is 1. The van der Waals surface area contributed by atoms with Crippen LogP contribution in [0, 0.1) is 17.4 Å². The van der Waals surface area contributed by atoms with Crippen LogP contribution < -0.4 is 0 Å². The standard InChI is InChI=1S/C22H21IN2O2S/c1-13-11-15(12-24-17-9-7-16(23)8-10-17)14(2)25(13)21-20(22(26)27)18-5-3-4-6-19(18)28-21/h7-12H,3-6H2,1-2H3,(H,26,27).